The molecule has 1 aliphatic rings. The van der Waals surface area contributed by atoms with Crippen molar-refractivity contribution in [3.63, 3.8) is 0 Å². The molecular weight excluding hydrogens is 893 g/mol. The zero-order valence-corrected chi connectivity index (χ0v) is 45.4. The van der Waals surface area contributed by atoms with E-state index in [1.54, 1.807) is 11.1 Å². The summed E-state index contributed by atoms with van der Waals surface area (Å²) in [4.78, 5) is 2.41. The number of anilines is 3. The van der Waals surface area contributed by atoms with Crippen molar-refractivity contribution in [2.75, 3.05) is 4.90 Å². The smallest absolute Gasteiger partial charge is 0.0541 e. The zero-order valence-electron chi connectivity index (χ0n) is 45.4. The molecule has 74 heavy (non-hydrogen) atoms. The molecule has 0 fully saturated rings. The van der Waals surface area contributed by atoms with Crippen molar-refractivity contribution in [2.24, 2.45) is 0 Å². The Morgan fingerprint density at radius 3 is 1.47 bits per heavy atom. The molecule has 2 heteroatoms. The quantitative estimate of drug-likeness (QED) is 0.0548. The third-order valence-corrected chi connectivity index (χ3v) is 16.6. The van der Waals surface area contributed by atoms with E-state index in [0.717, 1.165) is 23.5 Å². The highest BCUT2D eigenvalue weighted by molar-refractivity contribution is 6.10. The van der Waals surface area contributed by atoms with Gasteiger partial charge in [0.25, 0.3) is 0 Å². The van der Waals surface area contributed by atoms with E-state index >= 15 is 0 Å². The van der Waals surface area contributed by atoms with Crippen molar-refractivity contribution < 1.29 is 0 Å². The van der Waals surface area contributed by atoms with Crippen LogP contribution in [0.25, 0.3) is 60.9 Å². The molecule has 1 aliphatic carbocycles. The molecule has 0 aliphatic heterocycles. The summed E-state index contributed by atoms with van der Waals surface area (Å²) >= 11 is 0. The average Bonchev–Trinajstić information content (AvgIpc) is 3.90. The van der Waals surface area contributed by atoms with Crippen LogP contribution in [0.5, 0.6) is 0 Å². The predicted octanol–water partition coefficient (Wildman–Crippen LogP) is 21.7. The monoisotopic (exact) mass is 973 g/mol. The number of fused-ring (bicyclic) bond motifs is 6. The molecule has 0 saturated heterocycles. The van der Waals surface area contributed by atoms with Gasteiger partial charge in [0.05, 0.1) is 11.0 Å². The van der Waals surface area contributed by atoms with Crippen molar-refractivity contribution in [2.45, 2.75) is 156 Å². The first-order valence-corrected chi connectivity index (χ1v) is 28.9. The minimum absolute atomic E-state index is 0.0569. The fourth-order valence-corrected chi connectivity index (χ4v) is 12.4. The zero-order chi connectivity index (χ0) is 50.9. The third kappa shape index (κ3) is 10.8. The largest absolute Gasteiger partial charge is 0.311 e. The van der Waals surface area contributed by atoms with Gasteiger partial charge in [-0.3, -0.25) is 0 Å². The molecule has 2 nitrogen and oxygen atoms in total. The van der Waals surface area contributed by atoms with Crippen LogP contribution in [0.2, 0.25) is 0 Å². The Bertz CT molecular complexity index is 3240. The molecule has 0 atom stereocenters. The van der Waals surface area contributed by atoms with E-state index in [1.807, 2.05) is 0 Å². The van der Waals surface area contributed by atoms with Crippen LogP contribution in [0.3, 0.4) is 0 Å². The van der Waals surface area contributed by atoms with Gasteiger partial charge in [0, 0.05) is 38.9 Å². The van der Waals surface area contributed by atoms with Gasteiger partial charge < -0.3 is 9.47 Å². The fourth-order valence-electron chi connectivity index (χ4n) is 12.4. The van der Waals surface area contributed by atoms with E-state index in [1.165, 1.54) is 187 Å². The SMILES string of the molecule is CCCCCCCCC1(CCCCCCCC)c2cc(C)ccc2-c2ccc(-c3ccc(N(c4ccc(C)cc4)c4ccc(-c5ccc6c(c5)c5ccccc5n6-c5ccc(CCCCC)cc5)cc4)cc3)cc21. The maximum Gasteiger partial charge on any atom is 0.0541 e. The van der Waals surface area contributed by atoms with Crippen molar-refractivity contribution in [3.8, 4) is 39.1 Å². The number of hydrogen-bond donors (Lipinski definition) is 0. The molecule has 0 amide bonds. The third-order valence-electron chi connectivity index (χ3n) is 16.6. The molecule has 378 valence electrons. The normalized spacial score (nSPS) is 12.7. The van der Waals surface area contributed by atoms with E-state index in [2.05, 4.69) is 220 Å². The summed E-state index contributed by atoms with van der Waals surface area (Å²) < 4.78 is 2.43. The van der Waals surface area contributed by atoms with Gasteiger partial charge in [-0.2, -0.15) is 0 Å². The van der Waals surface area contributed by atoms with Gasteiger partial charge in [0.2, 0.25) is 0 Å². The Morgan fingerprint density at radius 1 is 0.378 bits per heavy atom. The summed E-state index contributed by atoms with van der Waals surface area (Å²) in [6.45, 7) is 11.4. The van der Waals surface area contributed by atoms with Crippen molar-refractivity contribution in [1.82, 2.24) is 4.57 Å². The lowest BCUT2D eigenvalue weighted by Crippen LogP contribution is -2.25. The molecule has 9 aromatic rings. The molecule has 0 unspecified atom stereocenters. The standard InChI is InChI=1S/C72H80N2/c1-6-9-12-14-16-21-48-72(49-22-17-15-13-10-7-2)68-50-54(5)28-45-64(68)65-46-35-59(52-69(65)72)57-33-43-62(44-34-57)73(60-37-26-53(4)27-38-60)61-41-31-56(32-42-61)58-36-47-71-67(51-58)66-24-19-20-25-70(66)74(71)63-39-29-55(30-40-63)23-18-11-8-3/h19-20,24-47,50-52H,6-18,21-23,48-49H2,1-5H3. The number of unbranched alkanes of at least 4 members (excludes halogenated alkanes) is 12. The lowest BCUT2D eigenvalue weighted by molar-refractivity contribution is 0.398. The number of nitrogens with zero attached hydrogens (tertiary/aromatic N) is 2. The van der Waals surface area contributed by atoms with E-state index in [-0.39, 0.29) is 5.41 Å². The van der Waals surface area contributed by atoms with Crippen LogP contribution in [0.15, 0.2) is 176 Å². The Labute approximate surface area is 444 Å². The Hall–Kier alpha value is -6.64. The predicted molar refractivity (Wildman–Crippen MR) is 321 cm³/mol. The fraction of sp³-hybridized carbons (Fsp3) is 0.333. The number of rotatable bonds is 24. The maximum absolute atomic E-state index is 2.60. The van der Waals surface area contributed by atoms with E-state index in [4.69, 9.17) is 0 Å². The number of benzene rings is 8. The Morgan fingerprint density at radius 2 is 0.851 bits per heavy atom. The van der Waals surface area contributed by atoms with Gasteiger partial charge in [0.15, 0.2) is 0 Å². The molecule has 0 radical (unpaired) electrons. The summed E-state index contributed by atoms with van der Waals surface area (Å²) in [7, 11) is 0. The van der Waals surface area contributed by atoms with Crippen molar-refractivity contribution in [3.05, 3.63) is 204 Å². The van der Waals surface area contributed by atoms with Gasteiger partial charge in [0.1, 0.15) is 0 Å². The average molecular weight is 973 g/mol. The summed E-state index contributed by atoms with van der Waals surface area (Å²) in [6, 6.07) is 67.5. The van der Waals surface area contributed by atoms with Crippen LogP contribution in [-0.4, -0.2) is 4.57 Å². The first kappa shape index (κ1) is 50.9. The molecule has 0 saturated carbocycles. The minimum Gasteiger partial charge on any atom is -0.311 e. The van der Waals surface area contributed by atoms with E-state index in [0.29, 0.717) is 0 Å². The highest BCUT2D eigenvalue weighted by Gasteiger charge is 2.42. The molecule has 1 aromatic heterocycles. The lowest BCUT2D eigenvalue weighted by atomic mass is 9.70. The molecular formula is C72H80N2. The summed E-state index contributed by atoms with van der Waals surface area (Å²) in [6.07, 6.45) is 23.3. The highest BCUT2D eigenvalue weighted by Crippen LogP contribution is 2.55. The van der Waals surface area contributed by atoms with Crippen LogP contribution in [0.1, 0.15) is 158 Å². The molecule has 10 rings (SSSR count). The van der Waals surface area contributed by atoms with Gasteiger partial charge in [-0.15, -0.1) is 0 Å². The van der Waals surface area contributed by atoms with Crippen molar-refractivity contribution >= 4 is 38.9 Å². The highest BCUT2D eigenvalue weighted by atomic mass is 15.1. The first-order valence-electron chi connectivity index (χ1n) is 28.9. The molecule has 0 bridgehead atoms. The number of aromatic nitrogens is 1. The molecule has 1 heterocycles. The van der Waals surface area contributed by atoms with E-state index in [9.17, 15) is 0 Å². The minimum atomic E-state index is 0.0569. The number of hydrogen-bond acceptors (Lipinski definition) is 1. The number of aryl methyl sites for hydroxylation is 3. The summed E-state index contributed by atoms with van der Waals surface area (Å²) in [5.41, 5.74) is 22.3. The van der Waals surface area contributed by atoms with Crippen LogP contribution in [0.4, 0.5) is 17.1 Å². The molecule has 8 aromatic carbocycles. The second-order valence-corrected chi connectivity index (χ2v) is 21.9. The lowest BCUT2D eigenvalue weighted by Gasteiger charge is -2.33. The van der Waals surface area contributed by atoms with Crippen LogP contribution < -0.4 is 4.90 Å². The first-order chi connectivity index (χ1) is 36.4. The van der Waals surface area contributed by atoms with Gasteiger partial charge in [-0.1, -0.05) is 225 Å². The second-order valence-electron chi connectivity index (χ2n) is 21.9. The van der Waals surface area contributed by atoms with E-state index < -0.39 is 0 Å². The summed E-state index contributed by atoms with van der Waals surface area (Å²) in [5, 5.41) is 2.56. The molecule has 0 spiro atoms. The topological polar surface area (TPSA) is 8.17 Å². The number of para-hydroxylation sites is 1. The second kappa shape index (κ2) is 23.7. The molecule has 0 N–H and O–H groups in total. The Balaban J connectivity index is 0.949. The van der Waals surface area contributed by atoms with Gasteiger partial charge in [-0.25, -0.2) is 0 Å². The van der Waals surface area contributed by atoms with Crippen LogP contribution >= 0.6 is 0 Å². The Kier molecular flexibility index (Phi) is 16.3. The van der Waals surface area contributed by atoms with Crippen LogP contribution in [-0.2, 0) is 11.8 Å². The van der Waals surface area contributed by atoms with Gasteiger partial charge in [-0.05, 0) is 162 Å². The van der Waals surface area contributed by atoms with Crippen LogP contribution in [0, 0.1) is 13.8 Å². The van der Waals surface area contributed by atoms with Gasteiger partial charge >= 0.3 is 0 Å². The summed E-state index contributed by atoms with van der Waals surface area (Å²) in [5.74, 6) is 0. The van der Waals surface area contributed by atoms with Crippen molar-refractivity contribution in [1.29, 1.82) is 0 Å². The maximum atomic E-state index is 2.60.